The molecule has 1 aliphatic rings. The minimum atomic E-state index is -0.593. The fraction of sp³-hybridized carbons (Fsp3) is 0.958. The quantitative estimate of drug-likeness (QED) is 0.433. The lowest BCUT2D eigenvalue weighted by molar-refractivity contribution is -0.111. The average molecular weight is 419 g/mol. The number of rotatable bonds is 11. The lowest BCUT2D eigenvalue weighted by atomic mass is 9.99. The highest BCUT2D eigenvalue weighted by Gasteiger charge is 2.33. The first-order valence-electron chi connectivity index (χ1n) is 11.8. The van der Waals surface area contributed by atoms with Crippen molar-refractivity contribution >= 4 is 6.29 Å². The van der Waals surface area contributed by atoms with Gasteiger partial charge in [-0.3, -0.25) is 0 Å². The Morgan fingerprint density at radius 3 is 1.59 bits per heavy atom. The van der Waals surface area contributed by atoms with E-state index < -0.39 is 12.2 Å². The molecule has 6 unspecified atom stereocenters. The van der Waals surface area contributed by atoms with Crippen LogP contribution in [0.25, 0.3) is 0 Å². The predicted molar refractivity (Wildman–Crippen MR) is 121 cm³/mol. The molecule has 0 aliphatic carbocycles. The fourth-order valence-corrected chi connectivity index (χ4v) is 2.73. The highest BCUT2D eigenvalue weighted by Crippen LogP contribution is 2.28. The van der Waals surface area contributed by atoms with Crippen molar-refractivity contribution in [1.29, 1.82) is 0 Å². The van der Waals surface area contributed by atoms with E-state index in [-0.39, 0.29) is 18.5 Å². The van der Waals surface area contributed by atoms with Crippen molar-refractivity contribution in [2.24, 2.45) is 11.8 Å². The molecule has 2 N–H and O–H groups in total. The van der Waals surface area contributed by atoms with E-state index in [4.69, 9.17) is 19.7 Å². The standard InChI is InChI=1S/C12H24O2.C8H16O.C4H10O2/c1-5-7-8-11(6-2)12-13-9(3)10(4)14-12;1-3-5-6-8(4-2)7-9;1-3(5)4(2)6/h9-12H,5-8H2,1-4H3;7-8H,3-6H2,1-2H3;3-6H,1-2H3. The summed E-state index contributed by atoms with van der Waals surface area (Å²) in [7, 11) is 0. The Labute approximate surface area is 180 Å². The van der Waals surface area contributed by atoms with Gasteiger partial charge in [-0.25, -0.2) is 0 Å². The number of aliphatic hydroxyl groups excluding tert-OH is 2. The Hall–Kier alpha value is -0.490. The smallest absolute Gasteiger partial charge is 0.161 e. The number of unbranched alkanes of at least 4 members (excludes halogenated alkanes) is 2. The molecule has 1 aliphatic heterocycles. The number of carbonyl (C=O) groups is 1. The number of aliphatic hydroxyl groups is 2. The van der Waals surface area contributed by atoms with Gasteiger partial charge < -0.3 is 24.5 Å². The summed E-state index contributed by atoms with van der Waals surface area (Å²) in [4.78, 5) is 10.2. The van der Waals surface area contributed by atoms with Gasteiger partial charge in [-0.15, -0.1) is 0 Å². The normalized spacial score (nSPS) is 25.0. The van der Waals surface area contributed by atoms with Gasteiger partial charge in [-0.05, 0) is 53.4 Å². The molecule has 0 amide bonds. The zero-order chi connectivity index (χ0) is 22.8. The number of hydrogen-bond acceptors (Lipinski definition) is 5. The van der Waals surface area contributed by atoms with Gasteiger partial charge in [0.25, 0.3) is 0 Å². The first-order valence-corrected chi connectivity index (χ1v) is 11.8. The summed E-state index contributed by atoms with van der Waals surface area (Å²) >= 11 is 0. The van der Waals surface area contributed by atoms with Crippen LogP contribution in [-0.2, 0) is 14.3 Å². The van der Waals surface area contributed by atoms with Gasteiger partial charge >= 0.3 is 0 Å². The van der Waals surface area contributed by atoms with Crippen LogP contribution in [0.5, 0.6) is 0 Å². The molecule has 176 valence electrons. The van der Waals surface area contributed by atoms with Gasteiger partial charge in [0.05, 0.1) is 24.4 Å². The fourth-order valence-electron chi connectivity index (χ4n) is 2.73. The van der Waals surface area contributed by atoms with Crippen molar-refractivity contribution in [3.05, 3.63) is 0 Å². The topological polar surface area (TPSA) is 76.0 Å². The Morgan fingerprint density at radius 2 is 1.28 bits per heavy atom. The van der Waals surface area contributed by atoms with Gasteiger partial charge in [0.15, 0.2) is 6.29 Å². The molecule has 0 saturated carbocycles. The van der Waals surface area contributed by atoms with E-state index >= 15 is 0 Å². The molecular formula is C24H50O5. The lowest BCUT2D eigenvalue weighted by Crippen LogP contribution is -2.21. The highest BCUT2D eigenvalue weighted by molar-refractivity contribution is 5.53. The monoisotopic (exact) mass is 418 g/mol. The van der Waals surface area contributed by atoms with Gasteiger partial charge in [-0.1, -0.05) is 53.4 Å². The third-order valence-electron chi connectivity index (χ3n) is 5.54. The SMILES string of the molecule is CC(O)C(C)O.CCCCC(C=O)CC.CCCCC(CC)C1OC(C)C(C)O1. The third-order valence-corrected chi connectivity index (χ3v) is 5.54. The van der Waals surface area contributed by atoms with Crippen molar-refractivity contribution in [3.63, 3.8) is 0 Å². The number of ether oxygens (including phenoxy) is 2. The maximum atomic E-state index is 10.2. The maximum Gasteiger partial charge on any atom is 0.161 e. The molecule has 1 saturated heterocycles. The highest BCUT2D eigenvalue weighted by atomic mass is 16.7. The van der Waals surface area contributed by atoms with E-state index in [1.807, 2.05) is 0 Å². The Kier molecular flexibility index (Phi) is 20.6. The molecule has 0 aromatic rings. The molecule has 0 aromatic carbocycles. The molecule has 29 heavy (non-hydrogen) atoms. The Balaban J connectivity index is 0. The molecular weight excluding hydrogens is 368 g/mol. The van der Waals surface area contributed by atoms with Crippen molar-refractivity contribution in [2.75, 3.05) is 0 Å². The van der Waals surface area contributed by atoms with Crippen LogP contribution in [0.4, 0.5) is 0 Å². The predicted octanol–water partition coefficient (Wildman–Crippen LogP) is 5.50. The summed E-state index contributed by atoms with van der Waals surface area (Å²) in [5.41, 5.74) is 0. The van der Waals surface area contributed by atoms with E-state index in [0.29, 0.717) is 11.8 Å². The summed E-state index contributed by atoms with van der Waals surface area (Å²) < 4.78 is 11.6. The molecule has 1 heterocycles. The van der Waals surface area contributed by atoms with E-state index in [1.54, 1.807) is 13.8 Å². The maximum absolute atomic E-state index is 10.2. The molecule has 1 fully saturated rings. The average Bonchev–Trinajstić information content (AvgIpc) is 3.02. The van der Waals surface area contributed by atoms with Crippen molar-refractivity contribution in [3.8, 4) is 0 Å². The Morgan fingerprint density at radius 1 is 0.828 bits per heavy atom. The second-order valence-electron chi connectivity index (χ2n) is 8.29. The van der Waals surface area contributed by atoms with Crippen molar-refractivity contribution in [2.45, 2.75) is 137 Å². The minimum absolute atomic E-state index is 0.0524. The third kappa shape index (κ3) is 15.9. The molecule has 5 nitrogen and oxygen atoms in total. The summed E-state index contributed by atoms with van der Waals surface area (Å²) in [5.74, 6) is 0.910. The van der Waals surface area contributed by atoms with Crippen molar-refractivity contribution < 1.29 is 24.5 Å². The summed E-state index contributed by atoms with van der Waals surface area (Å²) in [6, 6.07) is 0. The van der Waals surface area contributed by atoms with Crippen molar-refractivity contribution in [1.82, 2.24) is 0 Å². The molecule has 0 bridgehead atoms. The van der Waals surface area contributed by atoms with Crippen LogP contribution in [0.1, 0.15) is 107 Å². The zero-order valence-electron chi connectivity index (χ0n) is 20.4. The zero-order valence-corrected chi connectivity index (χ0v) is 20.4. The molecule has 1 rings (SSSR count). The second-order valence-corrected chi connectivity index (χ2v) is 8.29. The van der Waals surface area contributed by atoms with Crippen LogP contribution in [0.2, 0.25) is 0 Å². The van der Waals surface area contributed by atoms with E-state index in [2.05, 4.69) is 41.5 Å². The van der Waals surface area contributed by atoms with E-state index in [9.17, 15) is 4.79 Å². The van der Waals surface area contributed by atoms with Crippen LogP contribution >= 0.6 is 0 Å². The molecule has 0 radical (unpaired) electrons. The first kappa shape index (κ1) is 30.7. The van der Waals surface area contributed by atoms with E-state index in [1.165, 1.54) is 32.1 Å². The molecule has 6 atom stereocenters. The molecule has 5 heteroatoms. The van der Waals surface area contributed by atoms with Crippen LogP contribution in [0.15, 0.2) is 0 Å². The first-order chi connectivity index (χ1) is 13.7. The lowest BCUT2D eigenvalue weighted by Gasteiger charge is -2.20. The van der Waals surface area contributed by atoms with Gasteiger partial charge in [0.1, 0.15) is 6.29 Å². The summed E-state index contributed by atoms with van der Waals surface area (Å²) in [6.45, 7) is 15.9. The summed E-state index contributed by atoms with van der Waals surface area (Å²) in [5, 5.41) is 16.8. The molecule has 0 aromatic heterocycles. The Bertz CT molecular complexity index is 343. The van der Waals surface area contributed by atoms with E-state index in [0.717, 1.165) is 25.5 Å². The van der Waals surface area contributed by atoms with Gasteiger partial charge in [-0.2, -0.15) is 0 Å². The van der Waals surface area contributed by atoms with Gasteiger partial charge in [0, 0.05) is 11.8 Å². The number of carbonyl (C=O) groups excluding carboxylic acids is 1. The number of hydrogen-bond donors (Lipinski definition) is 2. The minimum Gasteiger partial charge on any atom is -0.391 e. The van der Waals surface area contributed by atoms with Crippen LogP contribution in [0, 0.1) is 11.8 Å². The van der Waals surface area contributed by atoms with Crippen LogP contribution in [0.3, 0.4) is 0 Å². The summed E-state index contributed by atoms with van der Waals surface area (Å²) in [6.07, 6.45) is 9.87. The largest absolute Gasteiger partial charge is 0.391 e. The van der Waals surface area contributed by atoms with Gasteiger partial charge in [0.2, 0.25) is 0 Å². The number of aldehydes is 1. The van der Waals surface area contributed by atoms with Crippen LogP contribution < -0.4 is 0 Å². The molecule has 0 spiro atoms. The second kappa shape index (κ2) is 19.5. The van der Waals surface area contributed by atoms with Crippen LogP contribution in [-0.4, -0.2) is 47.2 Å².